The summed E-state index contributed by atoms with van der Waals surface area (Å²) < 4.78 is 41.7. The first-order chi connectivity index (χ1) is 7.34. The van der Waals surface area contributed by atoms with Crippen LogP contribution in [0.4, 0.5) is 13.2 Å². The molecule has 0 saturated carbocycles. The minimum atomic E-state index is -4.39. The maximum absolute atomic E-state index is 12.3. The summed E-state index contributed by atoms with van der Waals surface area (Å²) >= 11 is 0. The molecule has 0 amide bonds. The number of aromatic nitrogens is 1. The van der Waals surface area contributed by atoms with Crippen molar-refractivity contribution >= 4 is 0 Å². The van der Waals surface area contributed by atoms with Gasteiger partial charge in [0, 0.05) is 30.1 Å². The highest BCUT2D eigenvalue weighted by molar-refractivity contribution is 5.32. The Bertz CT molecular complexity index is 366. The van der Waals surface area contributed by atoms with Crippen molar-refractivity contribution in [3.05, 3.63) is 23.5 Å². The van der Waals surface area contributed by atoms with E-state index in [1.165, 1.54) is 12.3 Å². The molecule has 2 N–H and O–H groups in total. The van der Waals surface area contributed by atoms with E-state index < -0.39 is 12.3 Å². The summed E-state index contributed by atoms with van der Waals surface area (Å²) in [6.07, 6.45) is -4.82. The van der Waals surface area contributed by atoms with E-state index >= 15 is 0 Å². The molecule has 1 heterocycles. The van der Waals surface area contributed by atoms with Gasteiger partial charge in [-0.1, -0.05) is 0 Å². The quantitative estimate of drug-likeness (QED) is 0.872. The Kier molecular flexibility index (Phi) is 3.74. The normalized spacial score (nSPS) is 13.6. The van der Waals surface area contributed by atoms with Crippen LogP contribution in [0, 0.1) is 6.92 Å². The van der Waals surface area contributed by atoms with Crippen molar-refractivity contribution in [3.63, 3.8) is 0 Å². The Morgan fingerprint density at radius 1 is 1.50 bits per heavy atom. The van der Waals surface area contributed by atoms with Crippen LogP contribution >= 0.6 is 0 Å². The molecule has 1 aromatic heterocycles. The summed E-state index contributed by atoms with van der Waals surface area (Å²) in [5.74, 6) is 0.139. The third kappa shape index (κ3) is 3.10. The molecular formula is C10H13F3N2O. The fourth-order valence-corrected chi connectivity index (χ4v) is 1.08. The lowest BCUT2D eigenvalue weighted by Crippen LogP contribution is -2.31. The van der Waals surface area contributed by atoms with Gasteiger partial charge in [-0.15, -0.1) is 0 Å². The smallest absolute Gasteiger partial charge is 0.425 e. The summed E-state index contributed by atoms with van der Waals surface area (Å²) in [5.41, 5.74) is 6.43. The number of aryl methyl sites for hydroxylation is 1. The Balaban J connectivity index is 2.91. The second-order valence-electron chi connectivity index (χ2n) is 3.44. The van der Waals surface area contributed by atoms with Gasteiger partial charge in [0.05, 0.1) is 0 Å². The number of nitrogens with zero attached hydrogens (tertiary/aromatic N) is 1. The van der Waals surface area contributed by atoms with Crippen LogP contribution in [0.3, 0.4) is 0 Å². The van der Waals surface area contributed by atoms with Gasteiger partial charge in [0.25, 0.3) is 0 Å². The summed E-state index contributed by atoms with van der Waals surface area (Å²) in [6.45, 7) is 2.72. The summed E-state index contributed by atoms with van der Waals surface area (Å²) in [4.78, 5) is 3.94. The Hall–Kier alpha value is -1.30. The topological polar surface area (TPSA) is 48.1 Å². The average molecular weight is 234 g/mol. The van der Waals surface area contributed by atoms with E-state index in [1.54, 1.807) is 6.92 Å². The van der Waals surface area contributed by atoms with Crippen molar-refractivity contribution in [2.45, 2.75) is 32.7 Å². The predicted octanol–water partition coefficient (Wildman–Crippen LogP) is 2.18. The predicted molar refractivity (Wildman–Crippen MR) is 53.0 cm³/mol. The monoisotopic (exact) mass is 234 g/mol. The summed E-state index contributed by atoms with van der Waals surface area (Å²) in [7, 11) is 0. The average Bonchev–Trinajstić information content (AvgIpc) is 2.16. The Labute approximate surface area is 91.4 Å². The maximum Gasteiger partial charge on any atom is 0.425 e. The second kappa shape index (κ2) is 4.69. The minimum absolute atomic E-state index is 0.0905. The number of nitrogens with two attached hydrogens (primary N) is 1. The van der Waals surface area contributed by atoms with Gasteiger partial charge in [-0.3, -0.25) is 4.98 Å². The zero-order chi connectivity index (χ0) is 12.3. The SMILES string of the molecule is Cc1cc(OC(C)C(F)(F)F)c(CN)cn1. The Morgan fingerprint density at radius 2 is 2.12 bits per heavy atom. The highest BCUT2D eigenvalue weighted by atomic mass is 19.4. The Morgan fingerprint density at radius 3 is 2.62 bits per heavy atom. The molecule has 0 radical (unpaired) electrons. The van der Waals surface area contributed by atoms with E-state index in [1.807, 2.05) is 0 Å². The van der Waals surface area contributed by atoms with E-state index in [-0.39, 0.29) is 12.3 Å². The van der Waals surface area contributed by atoms with Gasteiger partial charge in [-0.05, 0) is 13.8 Å². The lowest BCUT2D eigenvalue weighted by Gasteiger charge is -2.19. The molecule has 0 saturated heterocycles. The number of hydrogen-bond acceptors (Lipinski definition) is 3. The summed E-state index contributed by atoms with van der Waals surface area (Å²) in [6, 6.07) is 1.45. The first-order valence-electron chi connectivity index (χ1n) is 4.73. The van der Waals surface area contributed by atoms with Gasteiger partial charge in [0.15, 0.2) is 6.10 Å². The molecular weight excluding hydrogens is 221 g/mol. The molecule has 0 bridgehead atoms. The molecule has 1 unspecified atom stereocenters. The lowest BCUT2D eigenvalue weighted by molar-refractivity contribution is -0.189. The van der Waals surface area contributed by atoms with Crippen LogP contribution < -0.4 is 10.5 Å². The molecule has 6 heteroatoms. The first-order valence-corrected chi connectivity index (χ1v) is 4.73. The molecule has 0 aliphatic rings. The van der Waals surface area contributed by atoms with E-state index in [4.69, 9.17) is 10.5 Å². The maximum atomic E-state index is 12.3. The molecule has 0 aliphatic heterocycles. The van der Waals surface area contributed by atoms with Gasteiger partial charge < -0.3 is 10.5 Å². The zero-order valence-electron chi connectivity index (χ0n) is 9.01. The fraction of sp³-hybridized carbons (Fsp3) is 0.500. The van der Waals surface area contributed by atoms with E-state index in [0.717, 1.165) is 6.92 Å². The van der Waals surface area contributed by atoms with Gasteiger partial charge in [-0.25, -0.2) is 0 Å². The zero-order valence-corrected chi connectivity index (χ0v) is 9.01. The standard InChI is InChI=1S/C10H13F3N2O/c1-6-3-9(8(4-14)5-15-6)16-7(2)10(11,12)13/h3,5,7H,4,14H2,1-2H3. The molecule has 1 rings (SSSR count). The number of pyridine rings is 1. The third-order valence-electron chi connectivity index (χ3n) is 2.07. The lowest BCUT2D eigenvalue weighted by atomic mass is 10.2. The molecule has 0 aromatic carbocycles. The number of alkyl halides is 3. The highest BCUT2D eigenvalue weighted by Crippen LogP contribution is 2.27. The van der Waals surface area contributed by atoms with Crippen molar-refractivity contribution in [1.82, 2.24) is 4.98 Å². The molecule has 1 atom stereocenters. The molecule has 0 fully saturated rings. The van der Waals surface area contributed by atoms with Crippen LogP contribution in [0.5, 0.6) is 5.75 Å². The molecule has 3 nitrogen and oxygen atoms in total. The molecule has 0 aliphatic carbocycles. The van der Waals surface area contributed by atoms with Gasteiger partial charge in [0.1, 0.15) is 5.75 Å². The van der Waals surface area contributed by atoms with Crippen molar-refractivity contribution in [3.8, 4) is 5.75 Å². The summed E-state index contributed by atoms with van der Waals surface area (Å²) in [5, 5.41) is 0. The van der Waals surface area contributed by atoms with Crippen molar-refractivity contribution < 1.29 is 17.9 Å². The van der Waals surface area contributed by atoms with E-state index in [2.05, 4.69) is 4.98 Å². The number of ether oxygens (including phenoxy) is 1. The molecule has 0 spiro atoms. The fourth-order valence-electron chi connectivity index (χ4n) is 1.08. The van der Waals surface area contributed by atoms with Crippen molar-refractivity contribution in [2.75, 3.05) is 0 Å². The first kappa shape index (κ1) is 12.8. The largest absolute Gasteiger partial charge is 0.481 e. The van der Waals surface area contributed by atoms with Crippen LogP contribution in [-0.4, -0.2) is 17.3 Å². The number of rotatable bonds is 3. The number of halogens is 3. The van der Waals surface area contributed by atoms with E-state index in [9.17, 15) is 13.2 Å². The van der Waals surface area contributed by atoms with Crippen molar-refractivity contribution in [1.29, 1.82) is 0 Å². The van der Waals surface area contributed by atoms with E-state index in [0.29, 0.717) is 11.3 Å². The van der Waals surface area contributed by atoms with Gasteiger partial charge in [0.2, 0.25) is 0 Å². The van der Waals surface area contributed by atoms with Crippen LogP contribution in [0.1, 0.15) is 18.2 Å². The minimum Gasteiger partial charge on any atom is -0.481 e. The van der Waals surface area contributed by atoms with Crippen molar-refractivity contribution in [2.24, 2.45) is 5.73 Å². The van der Waals surface area contributed by atoms with Crippen LogP contribution in [0.25, 0.3) is 0 Å². The molecule has 1 aromatic rings. The van der Waals surface area contributed by atoms with Gasteiger partial charge >= 0.3 is 6.18 Å². The van der Waals surface area contributed by atoms with Crippen LogP contribution in [0.15, 0.2) is 12.3 Å². The van der Waals surface area contributed by atoms with Crippen LogP contribution in [-0.2, 0) is 6.54 Å². The van der Waals surface area contributed by atoms with Gasteiger partial charge in [-0.2, -0.15) is 13.2 Å². The number of hydrogen-bond donors (Lipinski definition) is 1. The second-order valence-corrected chi connectivity index (χ2v) is 3.44. The molecule has 16 heavy (non-hydrogen) atoms. The highest BCUT2D eigenvalue weighted by Gasteiger charge is 2.38. The van der Waals surface area contributed by atoms with Crippen LogP contribution in [0.2, 0.25) is 0 Å². The third-order valence-corrected chi connectivity index (χ3v) is 2.07. The molecule has 90 valence electrons.